The Balaban J connectivity index is 2.58. The predicted octanol–water partition coefficient (Wildman–Crippen LogP) is 3.22. The van der Waals surface area contributed by atoms with Gasteiger partial charge >= 0.3 is 0 Å². The fourth-order valence-corrected chi connectivity index (χ4v) is 1.89. The van der Waals surface area contributed by atoms with Crippen molar-refractivity contribution in [2.75, 3.05) is 7.11 Å². The van der Waals surface area contributed by atoms with Gasteiger partial charge in [0.2, 0.25) is 0 Å². The zero-order valence-corrected chi connectivity index (χ0v) is 10.1. The van der Waals surface area contributed by atoms with Gasteiger partial charge in [-0.1, -0.05) is 30.4 Å². The highest BCUT2D eigenvalue weighted by molar-refractivity contribution is 7.79. The molecule has 17 heavy (non-hydrogen) atoms. The average Bonchev–Trinajstić information content (AvgIpc) is 2.38. The molecule has 0 spiro atoms. The largest absolute Gasteiger partial charge is 0.508 e. The summed E-state index contributed by atoms with van der Waals surface area (Å²) in [6.07, 6.45) is 0. The molecule has 1 N–H and O–H groups in total. The summed E-state index contributed by atoms with van der Waals surface area (Å²) < 4.78 is 5.25. The van der Waals surface area contributed by atoms with E-state index in [1.165, 1.54) is 0 Å². The minimum absolute atomic E-state index is 0.237. The molecule has 0 aliphatic carbocycles. The molecular formula is C14H11O2S. The predicted molar refractivity (Wildman–Crippen MR) is 71.7 cm³/mol. The molecule has 0 unspecified atom stereocenters. The molecule has 3 heteroatoms. The molecule has 1 radical (unpaired) electrons. The third-order valence-electron chi connectivity index (χ3n) is 2.49. The number of rotatable bonds is 3. The molecule has 0 aromatic heterocycles. The van der Waals surface area contributed by atoms with Crippen LogP contribution in [0.1, 0.15) is 5.56 Å². The van der Waals surface area contributed by atoms with Gasteiger partial charge in [0.15, 0.2) is 0 Å². The second-order valence-corrected chi connectivity index (χ2v) is 3.74. The third kappa shape index (κ3) is 2.29. The monoisotopic (exact) mass is 243 g/mol. The van der Waals surface area contributed by atoms with Crippen LogP contribution >= 0.6 is 12.2 Å². The number of benzene rings is 2. The molecule has 2 rings (SSSR count). The second kappa shape index (κ2) is 4.97. The first-order valence-corrected chi connectivity index (χ1v) is 5.56. The van der Waals surface area contributed by atoms with Gasteiger partial charge in [0.25, 0.3) is 0 Å². The van der Waals surface area contributed by atoms with Crippen molar-refractivity contribution in [3.8, 4) is 22.6 Å². The van der Waals surface area contributed by atoms with Crippen molar-refractivity contribution in [2.24, 2.45) is 0 Å². The SMILES string of the molecule is COc1cc[c]c(-c2ccc(O)cc2)c1C=S. The number of phenolic OH excluding ortho intramolecular Hbond substituents is 1. The van der Waals surface area contributed by atoms with E-state index in [-0.39, 0.29) is 5.75 Å². The summed E-state index contributed by atoms with van der Waals surface area (Å²) in [5, 5.41) is 10.8. The first-order chi connectivity index (χ1) is 8.26. The Morgan fingerprint density at radius 2 is 1.94 bits per heavy atom. The number of thiocarbonyl (C=S) groups is 1. The highest BCUT2D eigenvalue weighted by Gasteiger charge is 2.08. The number of ether oxygens (including phenoxy) is 1. The Hall–Kier alpha value is -1.87. The van der Waals surface area contributed by atoms with Crippen molar-refractivity contribution in [3.63, 3.8) is 0 Å². The molecule has 2 aromatic rings. The Labute approximate surface area is 105 Å². The lowest BCUT2D eigenvalue weighted by Gasteiger charge is -2.10. The van der Waals surface area contributed by atoms with Gasteiger partial charge in [-0.25, -0.2) is 0 Å². The minimum Gasteiger partial charge on any atom is -0.508 e. The zero-order valence-electron chi connectivity index (χ0n) is 9.31. The summed E-state index contributed by atoms with van der Waals surface area (Å²) in [6, 6.07) is 13.7. The van der Waals surface area contributed by atoms with E-state index in [0.29, 0.717) is 0 Å². The topological polar surface area (TPSA) is 29.5 Å². The molecular weight excluding hydrogens is 232 g/mol. The number of hydrogen-bond acceptors (Lipinski definition) is 3. The molecule has 85 valence electrons. The van der Waals surface area contributed by atoms with Gasteiger partial charge in [-0.05, 0) is 29.8 Å². The first kappa shape index (κ1) is 11.6. The van der Waals surface area contributed by atoms with Crippen LogP contribution in [0.15, 0.2) is 36.4 Å². The Morgan fingerprint density at radius 1 is 1.24 bits per heavy atom. The minimum atomic E-state index is 0.237. The van der Waals surface area contributed by atoms with Crippen molar-refractivity contribution in [2.45, 2.75) is 0 Å². The average molecular weight is 243 g/mol. The molecule has 0 aliphatic rings. The van der Waals surface area contributed by atoms with E-state index in [1.54, 1.807) is 30.7 Å². The van der Waals surface area contributed by atoms with Crippen molar-refractivity contribution < 1.29 is 9.84 Å². The smallest absolute Gasteiger partial charge is 0.127 e. The fraction of sp³-hybridized carbons (Fsp3) is 0.0714. The molecule has 0 bridgehead atoms. The normalized spacial score (nSPS) is 9.94. The maximum absolute atomic E-state index is 9.27. The van der Waals surface area contributed by atoms with E-state index in [0.717, 1.165) is 22.4 Å². The standard InChI is InChI=1S/C14H11O2S/c1-16-14-4-2-3-12(13(14)9-17)10-5-7-11(15)8-6-10/h2,4-9,15H,1H3. The van der Waals surface area contributed by atoms with Crippen molar-refractivity contribution >= 4 is 17.6 Å². The van der Waals surface area contributed by atoms with Crippen LogP contribution in [0.2, 0.25) is 0 Å². The van der Waals surface area contributed by atoms with Gasteiger partial charge in [-0.2, -0.15) is 0 Å². The zero-order chi connectivity index (χ0) is 12.3. The van der Waals surface area contributed by atoms with Crippen molar-refractivity contribution in [1.29, 1.82) is 0 Å². The maximum Gasteiger partial charge on any atom is 0.127 e. The van der Waals surface area contributed by atoms with Crippen LogP contribution in [0.25, 0.3) is 11.1 Å². The van der Waals surface area contributed by atoms with E-state index in [9.17, 15) is 5.11 Å². The van der Waals surface area contributed by atoms with E-state index in [2.05, 4.69) is 6.07 Å². The summed E-state index contributed by atoms with van der Waals surface area (Å²) in [7, 11) is 1.61. The van der Waals surface area contributed by atoms with Crippen LogP contribution in [0.3, 0.4) is 0 Å². The fourth-order valence-electron chi connectivity index (χ4n) is 1.65. The van der Waals surface area contributed by atoms with E-state index in [1.807, 2.05) is 18.2 Å². The van der Waals surface area contributed by atoms with Crippen LogP contribution in [0.5, 0.6) is 11.5 Å². The summed E-state index contributed by atoms with van der Waals surface area (Å²) >= 11 is 5.01. The Kier molecular flexibility index (Phi) is 3.40. The highest BCUT2D eigenvalue weighted by atomic mass is 32.1. The summed E-state index contributed by atoms with van der Waals surface area (Å²) in [4.78, 5) is 0. The Bertz CT molecular complexity index is 532. The van der Waals surface area contributed by atoms with Gasteiger partial charge in [-0.3, -0.25) is 0 Å². The maximum atomic E-state index is 9.27. The van der Waals surface area contributed by atoms with E-state index < -0.39 is 0 Å². The van der Waals surface area contributed by atoms with Crippen LogP contribution in [0, 0.1) is 6.07 Å². The number of methoxy groups -OCH3 is 1. The lowest BCUT2D eigenvalue weighted by molar-refractivity contribution is 0.414. The molecule has 0 saturated heterocycles. The lowest BCUT2D eigenvalue weighted by atomic mass is 10.00. The molecule has 0 amide bonds. The molecule has 2 nitrogen and oxygen atoms in total. The Morgan fingerprint density at radius 3 is 2.53 bits per heavy atom. The van der Waals surface area contributed by atoms with Crippen molar-refractivity contribution in [3.05, 3.63) is 48.0 Å². The molecule has 0 saturated carbocycles. The summed E-state index contributed by atoms with van der Waals surface area (Å²) in [5.74, 6) is 0.961. The third-order valence-corrected chi connectivity index (χ3v) is 2.73. The van der Waals surface area contributed by atoms with Gasteiger partial charge in [0.05, 0.1) is 7.11 Å². The van der Waals surface area contributed by atoms with Crippen LogP contribution in [-0.4, -0.2) is 17.6 Å². The molecule has 0 fully saturated rings. The van der Waals surface area contributed by atoms with Gasteiger partial charge in [-0.15, -0.1) is 0 Å². The van der Waals surface area contributed by atoms with Crippen molar-refractivity contribution in [1.82, 2.24) is 0 Å². The molecule has 0 aliphatic heterocycles. The second-order valence-electron chi connectivity index (χ2n) is 3.50. The lowest BCUT2D eigenvalue weighted by Crippen LogP contribution is -1.93. The highest BCUT2D eigenvalue weighted by Crippen LogP contribution is 2.29. The molecule has 2 aromatic carbocycles. The number of aromatic hydroxyl groups is 1. The van der Waals surface area contributed by atoms with E-state index in [4.69, 9.17) is 17.0 Å². The first-order valence-electron chi connectivity index (χ1n) is 5.09. The molecule has 0 heterocycles. The van der Waals surface area contributed by atoms with Gasteiger partial charge < -0.3 is 9.84 Å². The van der Waals surface area contributed by atoms with E-state index >= 15 is 0 Å². The van der Waals surface area contributed by atoms with Crippen LogP contribution < -0.4 is 4.74 Å². The summed E-state index contributed by atoms with van der Waals surface area (Å²) in [5.41, 5.74) is 2.65. The summed E-state index contributed by atoms with van der Waals surface area (Å²) in [6.45, 7) is 0. The van der Waals surface area contributed by atoms with Crippen LogP contribution in [0.4, 0.5) is 0 Å². The van der Waals surface area contributed by atoms with Gasteiger partial charge in [0.1, 0.15) is 11.5 Å². The van der Waals surface area contributed by atoms with Crippen LogP contribution in [-0.2, 0) is 0 Å². The molecule has 0 atom stereocenters. The number of phenols is 1. The number of hydrogen-bond donors (Lipinski definition) is 1. The quantitative estimate of drug-likeness (QED) is 0.839. The van der Waals surface area contributed by atoms with Gasteiger partial charge in [0, 0.05) is 16.5 Å².